The van der Waals surface area contributed by atoms with Crippen LogP contribution in [0.15, 0.2) is 42.5 Å². The zero-order valence-corrected chi connectivity index (χ0v) is 14.3. The molecule has 4 nitrogen and oxygen atoms in total. The maximum absolute atomic E-state index is 13.8. The quantitative estimate of drug-likeness (QED) is 0.895. The number of nitrogens with one attached hydrogen (secondary N) is 1. The van der Waals surface area contributed by atoms with Gasteiger partial charge < -0.3 is 10.2 Å². The van der Waals surface area contributed by atoms with Crippen molar-refractivity contribution in [2.75, 3.05) is 19.4 Å². The fourth-order valence-electron chi connectivity index (χ4n) is 2.51. The number of halogens is 2. The summed E-state index contributed by atoms with van der Waals surface area (Å²) in [6, 6.07) is 9.99. The van der Waals surface area contributed by atoms with E-state index < -0.39 is 17.6 Å². The van der Waals surface area contributed by atoms with E-state index in [1.165, 1.54) is 11.0 Å². The number of benzene rings is 2. The number of rotatable bonds is 5. The van der Waals surface area contributed by atoms with Gasteiger partial charge in [0, 0.05) is 26.6 Å². The lowest BCUT2D eigenvalue weighted by Gasteiger charge is -2.16. The van der Waals surface area contributed by atoms with E-state index in [1.54, 1.807) is 45.3 Å². The summed E-state index contributed by atoms with van der Waals surface area (Å²) >= 11 is 0. The molecule has 6 heteroatoms. The maximum atomic E-state index is 13.8. The van der Waals surface area contributed by atoms with Crippen LogP contribution in [0.25, 0.3) is 0 Å². The molecule has 0 aliphatic carbocycles. The lowest BCUT2D eigenvalue weighted by molar-refractivity contribution is -0.116. The van der Waals surface area contributed by atoms with Crippen molar-refractivity contribution in [3.63, 3.8) is 0 Å². The van der Waals surface area contributed by atoms with Gasteiger partial charge in [-0.3, -0.25) is 9.59 Å². The van der Waals surface area contributed by atoms with Gasteiger partial charge in [0.2, 0.25) is 5.91 Å². The first kappa shape index (κ1) is 18.6. The van der Waals surface area contributed by atoms with Gasteiger partial charge in [-0.2, -0.15) is 0 Å². The Morgan fingerprint density at radius 2 is 1.80 bits per heavy atom. The molecular formula is C19H20F2N2O2. The molecular weight excluding hydrogens is 326 g/mol. The molecule has 0 heterocycles. The largest absolute Gasteiger partial charge is 0.345 e. The van der Waals surface area contributed by atoms with Crippen LogP contribution in [-0.2, 0) is 4.79 Å². The van der Waals surface area contributed by atoms with E-state index in [2.05, 4.69) is 5.32 Å². The van der Waals surface area contributed by atoms with Crippen LogP contribution in [0.1, 0.15) is 35.2 Å². The Hall–Kier alpha value is -2.76. The molecule has 1 atom stereocenters. The predicted molar refractivity (Wildman–Crippen MR) is 92.5 cm³/mol. The first-order valence-corrected chi connectivity index (χ1v) is 7.85. The number of amides is 2. The third-order valence-electron chi connectivity index (χ3n) is 3.82. The molecule has 25 heavy (non-hydrogen) atoms. The standard InChI is InChI=1S/C19H20F2N2O2/c1-12(14-9-8-13(20)11-16(14)21)10-18(24)22-17-7-5-4-6-15(17)19(25)23(2)3/h4-9,11-12H,10H2,1-3H3,(H,22,24)/t12-/m0/s1. The first-order valence-electron chi connectivity index (χ1n) is 7.85. The minimum absolute atomic E-state index is 0.00699. The van der Waals surface area contributed by atoms with Crippen LogP contribution in [0.2, 0.25) is 0 Å². The summed E-state index contributed by atoms with van der Waals surface area (Å²) in [6.45, 7) is 1.69. The molecule has 0 saturated carbocycles. The van der Waals surface area contributed by atoms with Crippen molar-refractivity contribution in [2.24, 2.45) is 0 Å². The minimum atomic E-state index is -0.677. The van der Waals surface area contributed by atoms with Gasteiger partial charge >= 0.3 is 0 Å². The van der Waals surface area contributed by atoms with Gasteiger partial charge in [-0.15, -0.1) is 0 Å². The summed E-state index contributed by atoms with van der Waals surface area (Å²) in [6.07, 6.45) is 0.00699. The molecule has 0 fully saturated rings. The highest BCUT2D eigenvalue weighted by Crippen LogP contribution is 2.24. The van der Waals surface area contributed by atoms with Crippen molar-refractivity contribution in [1.29, 1.82) is 0 Å². The Labute approximate surface area is 145 Å². The predicted octanol–water partition coefficient (Wildman–Crippen LogP) is 3.80. The highest BCUT2D eigenvalue weighted by molar-refractivity contribution is 6.03. The van der Waals surface area contributed by atoms with Gasteiger partial charge in [-0.25, -0.2) is 8.78 Å². The second kappa shape index (κ2) is 7.88. The monoisotopic (exact) mass is 346 g/mol. The molecule has 132 valence electrons. The molecule has 1 N–H and O–H groups in total. The third-order valence-corrected chi connectivity index (χ3v) is 3.82. The lowest BCUT2D eigenvalue weighted by Crippen LogP contribution is -2.24. The Kier molecular flexibility index (Phi) is 5.85. The van der Waals surface area contributed by atoms with Crippen LogP contribution in [-0.4, -0.2) is 30.8 Å². The van der Waals surface area contributed by atoms with Crippen LogP contribution in [0.4, 0.5) is 14.5 Å². The Morgan fingerprint density at radius 3 is 2.44 bits per heavy atom. The lowest BCUT2D eigenvalue weighted by atomic mass is 9.96. The zero-order chi connectivity index (χ0) is 18.6. The van der Waals surface area contributed by atoms with E-state index >= 15 is 0 Å². The second-order valence-electron chi connectivity index (χ2n) is 6.06. The number of hydrogen-bond acceptors (Lipinski definition) is 2. The van der Waals surface area contributed by atoms with Crippen LogP contribution in [0.5, 0.6) is 0 Å². The summed E-state index contributed by atoms with van der Waals surface area (Å²) in [7, 11) is 3.25. The minimum Gasteiger partial charge on any atom is -0.345 e. The summed E-state index contributed by atoms with van der Waals surface area (Å²) in [5.74, 6) is -2.35. The average molecular weight is 346 g/mol. The van der Waals surface area contributed by atoms with E-state index in [1.807, 2.05) is 0 Å². The molecule has 2 aromatic rings. The van der Waals surface area contributed by atoms with Crippen molar-refractivity contribution >= 4 is 17.5 Å². The molecule has 2 rings (SSSR count). The Balaban J connectivity index is 2.11. The van der Waals surface area contributed by atoms with Crippen LogP contribution in [0.3, 0.4) is 0 Å². The van der Waals surface area contributed by atoms with Gasteiger partial charge in [0.1, 0.15) is 11.6 Å². The zero-order valence-electron chi connectivity index (χ0n) is 14.3. The van der Waals surface area contributed by atoms with Gasteiger partial charge in [-0.05, 0) is 29.7 Å². The second-order valence-corrected chi connectivity index (χ2v) is 6.06. The van der Waals surface area contributed by atoms with Gasteiger partial charge in [0.05, 0.1) is 11.3 Å². The van der Waals surface area contributed by atoms with E-state index in [9.17, 15) is 18.4 Å². The van der Waals surface area contributed by atoms with E-state index in [0.717, 1.165) is 12.1 Å². The molecule has 0 saturated heterocycles. The summed E-state index contributed by atoms with van der Waals surface area (Å²) in [5.41, 5.74) is 1.05. The SMILES string of the molecule is C[C@@H](CC(=O)Nc1ccccc1C(=O)N(C)C)c1ccc(F)cc1F. The average Bonchev–Trinajstić information content (AvgIpc) is 2.54. The number of hydrogen-bond donors (Lipinski definition) is 1. The van der Waals surface area contributed by atoms with Crippen molar-refractivity contribution < 1.29 is 18.4 Å². The molecule has 0 bridgehead atoms. The third kappa shape index (κ3) is 4.62. The molecule has 0 spiro atoms. The number of anilines is 1. The fourth-order valence-corrected chi connectivity index (χ4v) is 2.51. The normalized spacial score (nSPS) is 11.7. The summed E-state index contributed by atoms with van der Waals surface area (Å²) in [4.78, 5) is 25.9. The highest BCUT2D eigenvalue weighted by atomic mass is 19.1. The van der Waals surface area contributed by atoms with Gasteiger partial charge in [0.15, 0.2) is 0 Å². The van der Waals surface area contributed by atoms with Crippen molar-refractivity contribution in [3.8, 4) is 0 Å². The van der Waals surface area contributed by atoms with E-state index in [0.29, 0.717) is 11.3 Å². The summed E-state index contributed by atoms with van der Waals surface area (Å²) < 4.78 is 26.8. The molecule has 0 aliphatic rings. The van der Waals surface area contributed by atoms with Crippen LogP contribution < -0.4 is 5.32 Å². The molecule has 0 radical (unpaired) electrons. The molecule has 0 unspecified atom stereocenters. The topological polar surface area (TPSA) is 49.4 Å². The number of nitrogens with zero attached hydrogens (tertiary/aromatic N) is 1. The van der Waals surface area contributed by atoms with E-state index in [4.69, 9.17) is 0 Å². The Morgan fingerprint density at radius 1 is 1.12 bits per heavy atom. The number of para-hydroxylation sites is 1. The van der Waals surface area contributed by atoms with Crippen molar-refractivity contribution in [3.05, 3.63) is 65.2 Å². The molecule has 0 aromatic heterocycles. The van der Waals surface area contributed by atoms with E-state index in [-0.39, 0.29) is 23.8 Å². The van der Waals surface area contributed by atoms with Gasteiger partial charge in [-0.1, -0.05) is 25.1 Å². The molecule has 2 amide bonds. The summed E-state index contributed by atoms with van der Waals surface area (Å²) in [5, 5.41) is 2.69. The van der Waals surface area contributed by atoms with Crippen molar-refractivity contribution in [1.82, 2.24) is 4.90 Å². The molecule has 0 aliphatic heterocycles. The molecule has 2 aromatic carbocycles. The van der Waals surface area contributed by atoms with Crippen LogP contribution >= 0.6 is 0 Å². The smallest absolute Gasteiger partial charge is 0.255 e. The highest BCUT2D eigenvalue weighted by Gasteiger charge is 2.18. The number of carbonyl (C=O) groups excluding carboxylic acids is 2. The number of carbonyl (C=O) groups is 2. The van der Waals surface area contributed by atoms with Crippen molar-refractivity contribution in [2.45, 2.75) is 19.3 Å². The Bertz CT molecular complexity index is 791. The van der Waals surface area contributed by atoms with Crippen LogP contribution in [0, 0.1) is 11.6 Å². The first-order chi connectivity index (χ1) is 11.8. The fraction of sp³-hybridized carbons (Fsp3) is 0.263. The maximum Gasteiger partial charge on any atom is 0.255 e. The van der Waals surface area contributed by atoms with Gasteiger partial charge in [0.25, 0.3) is 5.91 Å².